The van der Waals surface area contributed by atoms with Gasteiger partial charge < -0.3 is 10.4 Å². The predicted molar refractivity (Wildman–Crippen MR) is 209 cm³/mol. The molecule has 12 atom stereocenters. The van der Waals surface area contributed by atoms with Gasteiger partial charge in [-0.3, -0.25) is 4.90 Å². The van der Waals surface area contributed by atoms with Crippen molar-refractivity contribution in [1.82, 2.24) is 14.5 Å². The molecule has 0 amide bonds. The third-order valence-corrected chi connectivity index (χ3v) is 19.0. The van der Waals surface area contributed by atoms with Gasteiger partial charge in [0, 0.05) is 50.1 Å². The Hall–Kier alpha value is -1.54. The molecule has 6 nitrogen and oxygen atoms in total. The third kappa shape index (κ3) is 5.30. The smallest absolute Gasteiger partial charge is 0.335 e. The summed E-state index contributed by atoms with van der Waals surface area (Å²) in [5.74, 6) is 3.55. The van der Waals surface area contributed by atoms with E-state index in [9.17, 15) is 14.1 Å². The predicted octanol–water partition coefficient (Wildman–Crippen LogP) is 8.51. The van der Waals surface area contributed by atoms with Crippen LogP contribution < -0.4 is 5.32 Å². The standard InChI is InChI=1S/C44H67N3O3S/c1-28(2)33-15-20-44(45-23-24-46-26-32-25-31(46)27-47(32)51(8)50)22-21-42(6)35(38(33)44)13-14-37-41(5)18-16-34(29-9-11-30(12-10-29)39(48)49)40(3,4)36(41)17-19-43(37,42)7/h9-12,16,28,31-33,35-38,45H,13-15,17-27H2,1-8H3,(H,48,49)/t31?,32-,33-,35+,36-,37+,38+,41-,42+,43+,44-,51?/m0/s1. The SMILES string of the molecule is CC(C)[C@@H]1CC[C@]2(NCCN3C[C@@H]4CC3CN4S(C)=O)CC[C@]3(C)[C@H](CC[C@@H]4[C@@]5(C)CC=C(c6ccc(C(=O)O)cc6)C(C)(C)[C@@H]5CC[C@]43C)[C@@H]12. The summed E-state index contributed by atoms with van der Waals surface area (Å²) in [5.41, 5.74) is 4.26. The number of fused-ring (bicyclic) bond motifs is 9. The number of likely N-dealkylation sites (tertiary alicyclic amines) is 1. The number of piperazine rings is 1. The molecule has 2 N–H and O–H groups in total. The van der Waals surface area contributed by atoms with Crippen LogP contribution in [0.25, 0.3) is 5.57 Å². The number of allylic oxidation sites excluding steroid dienone is 2. The molecule has 1 aromatic carbocycles. The van der Waals surface area contributed by atoms with E-state index in [0.29, 0.717) is 34.4 Å². The van der Waals surface area contributed by atoms with Crippen molar-refractivity contribution in [3.63, 3.8) is 0 Å². The summed E-state index contributed by atoms with van der Waals surface area (Å²) >= 11 is 0. The summed E-state index contributed by atoms with van der Waals surface area (Å²) in [6.45, 7) is 22.5. The van der Waals surface area contributed by atoms with Gasteiger partial charge >= 0.3 is 5.97 Å². The van der Waals surface area contributed by atoms with E-state index in [1.807, 2.05) is 18.4 Å². The summed E-state index contributed by atoms with van der Waals surface area (Å²) in [6.07, 6.45) is 17.5. The lowest BCUT2D eigenvalue weighted by atomic mass is 9.33. The Balaban J connectivity index is 1.03. The molecule has 2 heterocycles. The molecule has 0 spiro atoms. The average Bonchev–Trinajstić information content (AvgIpc) is 3.79. The number of carbonyl (C=O) groups is 1. The molecule has 7 aliphatic rings. The van der Waals surface area contributed by atoms with Crippen LogP contribution in [0.4, 0.5) is 0 Å². The highest BCUT2D eigenvalue weighted by atomic mass is 32.2. The minimum absolute atomic E-state index is 0.0391. The van der Waals surface area contributed by atoms with Crippen molar-refractivity contribution in [3.05, 3.63) is 41.5 Å². The monoisotopic (exact) mass is 717 g/mol. The van der Waals surface area contributed by atoms with E-state index in [0.717, 1.165) is 62.2 Å². The second-order valence-electron chi connectivity index (χ2n) is 20.2. The zero-order valence-corrected chi connectivity index (χ0v) is 33.8. The first-order chi connectivity index (χ1) is 24.1. The van der Waals surface area contributed by atoms with Crippen molar-refractivity contribution >= 4 is 22.5 Å². The van der Waals surface area contributed by atoms with Crippen molar-refractivity contribution in [2.24, 2.45) is 57.2 Å². The number of aromatic carboxylic acids is 1. The number of carboxylic acids is 1. The molecule has 51 heavy (non-hydrogen) atoms. The lowest BCUT2D eigenvalue weighted by Gasteiger charge is -2.72. The van der Waals surface area contributed by atoms with E-state index in [1.165, 1.54) is 68.9 Å². The van der Waals surface area contributed by atoms with Gasteiger partial charge in [-0.25, -0.2) is 13.3 Å². The lowest BCUT2D eigenvalue weighted by Crippen LogP contribution is -2.68. The zero-order chi connectivity index (χ0) is 36.3. The topological polar surface area (TPSA) is 72.9 Å². The van der Waals surface area contributed by atoms with E-state index in [-0.39, 0.29) is 16.4 Å². The van der Waals surface area contributed by atoms with Gasteiger partial charge in [0.15, 0.2) is 0 Å². The Kier molecular flexibility index (Phi) is 8.93. The number of hydrogen-bond acceptors (Lipinski definition) is 4. The van der Waals surface area contributed by atoms with Crippen LogP contribution in [0.15, 0.2) is 30.3 Å². The second kappa shape index (κ2) is 12.5. The minimum Gasteiger partial charge on any atom is -0.478 e. The number of benzene rings is 1. The Morgan fingerprint density at radius 3 is 2.31 bits per heavy atom. The first-order valence-corrected chi connectivity index (χ1v) is 22.2. The Labute approximate surface area is 311 Å². The zero-order valence-electron chi connectivity index (χ0n) is 33.0. The summed E-state index contributed by atoms with van der Waals surface area (Å²) in [6, 6.07) is 8.73. The Morgan fingerprint density at radius 2 is 1.67 bits per heavy atom. The lowest BCUT2D eigenvalue weighted by molar-refractivity contribution is -0.221. The summed E-state index contributed by atoms with van der Waals surface area (Å²) in [5, 5.41) is 13.9. The number of carboxylic acid groups (broad SMARTS) is 1. The van der Waals surface area contributed by atoms with E-state index in [2.05, 4.69) is 69.1 Å². The fraction of sp³-hybridized carbons (Fsp3) is 0.795. The van der Waals surface area contributed by atoms with Gasteiger partial charge in [0.2, 0.25) is 0 Å². The van der Waals surface area contributed by atoms with Crippen molar-refractivity contribution in [2.75, 3.05) is 32.4 Å². The minimum atomic E-state index is -0.854. The van der Waals surface area contributed by atoms with Crippen molar-refractivity contribution < 1.29 is 14.1 Å². The molecule has 7 heteroatoms. The number of hydrogen-bond donors (Lipinski definition) is 2. The highest BCUT2D eigenvalue weighted by molar-refractivity contribution is 7.81. The molecule has 5 aliphatic carbocycles. The van der Waals surface area contributed by atoms with Crippen LogP contribution in [0.5, 0.6) is 0 Å². The molecule has 6 fully saturated rings. The van der Waals surface area contributed by atoms with Crippen LogP contribution in [0, 0.1) is 57.2 Å². The molecule has 282 valence electrons. The van der Waals surface area contributed by atoms with Crippen molar-refractivity contribution in [1.29, 1.82) is 0 Å². The Morgan fingerprint density at radius 1 is 0.922 bits per heavy atom. The quantitative estimate of drug-likeness (QED) is 0.282. The molecular weight excluding hydrogens is 651 g/mol. The van der Waals surface area contributed by atoms with Gasteiger partial charge in [-0.15, -0.1) is 0 Å². The van der Waals surface area contributed by atoms with Crippen LogP contribution >= 0.6 is 0 Å². The van der Waals surface area contributed by atoms with E-state index in [1.54, 1.807) is 12.1 Å². The van der Waals surface area contributed by atoms with Gasteiger partial charge in [-0.1, -0.05) is 66.7 Å². The molecule has 2 bridgehead atoms. The van der Waals surface area contributed by atoms with Gasteiger partial charge in [0.25, 0.3) is 0 Å². The number of nitrogens with zero attached hydrogens (tertiary/aromatic N) is 2. The maximum atomic E-state index is 12.2. The van der Waals surface area contributed by atoms with E-state index in [4.69, 9.17) is 0 Å². The Bertz CT molecular complexity index is 1590. The van der Waals surface area contributed by atoms with Gasteiger partial charge in [0.05, 0.1) is 16.5 Å². The van der Waals surface area contributed by atoms with Crippen LogP contribution in [0.1, 0.15) is 129 Å². The van der Waals surface area contributed by atoms with Crippen LogP contribution in [0.2, 0.25) is 0 Å². The van der Waals surface area contributed by atoms with Crippen molar-refractivity contribution in [2.45, 2.75) is 130 Å². The summed E-state index contributed by atoms with van der Waals surface area (Å²) < 4.78 is 14.4. The molecular formula is C44H67N3O3S. The van der Waals surface area contributed by atoms with Crippen LogP contribution in [-0.4, -0.2) is 74.5 Å². The van der Waals surface area contributed by atoms with E-state index < -0.39 is 17.0 Å². The second-order valence-corrected chi connectivity index (χ2v) is 21.5. The molecule has 0 aromatic heterocycles. The average molecular weight is 718 g/mol. The highest BCUT2D eigenvalue weighted by Gasteiger charge is 2.70. The summed E-state index contributed by atoms with van der Waals surface area (Å²) in [4.78, 5) is 14.3. The normalized spacial score (nSPS) is 45.1. The molecule has 0 radical (unpaired) electrons. The molecule has 2 unspecified atom stereocenters. The molecule has 4 saturated carbocycles. The first-order valence-electron chi connectivity index (χ1n) is 20.7. The maximum Gasteiger partial charge on any atom is 0.335 e. The largest absolute Gasteiger partial charge is 0.478 e. The van der Waals surface area contributed by atoms with E-state index >= 15 is 0 Å². The molecule has 2 aliphatic heterocycles. The van der Waals surface area contributed by atoms with Crippen LogP contribution in [-0.2, 0) is 11.0 Å². The van der Waals surface area contributed by atoms with Gasteiger partial charge in [-0.05, 0) is 145 Å². The van der Waals surface area contributed by atoms with Gasteiger partial charge in [-0.2, -0.15) is 0 Å². The fourth-order valence-electron chi connectivity index (χ4n) is 15.3. The third-order valence-electron chi connectivity index (χ3n) is 17.9. The number of rotatable bonds is 8. The van der Waals surface area contributed by atoms with Gasteiger partial charge in [0.1, 0.15) is 0 Å². The number of nitrogens with one attached hydrogen (secondary N) is 1. The molecule has 8 rings (SSSR count). The fourth-order valence-corrected chi connectivity index (χ4v) is 16.3. The molecule has 2 saturated heterocycles. The van der Waals surface area contributed by atoms with Crippen molar-refractivity contribution in [3.8, 4) is 0 Å². The highest BCUT2D eigenvalue weighted by Crippen LogP contribution is 2.76. The van der Waals surface area contributed by atoms with Crippen LogP contribution in [0.3, 0.4) is 0 Å². The molecule has 1 aromatic rings. The summed E-state index contributed by atoms with van der Waals surface area (Å²) in [7, 11) is -0.842. The maximum absolute atomic E-state index is 12.2. The first kappa shape index (κ1) is 36.4.